The highest BCUT2D eigenvalue weighted by Gasteiger charge is 2.09. The monoisotopic (exact) mass is 367 g/mol. The quantitative estimate of drug-likeness (QED) is 0.490. The van der Waals surface area contributed by atoms with Crippen molar-refractivity contribution in [1.82, 2.24) is 24.3 Å². The fraction of sp³-hybridized carbons (Fsp3) is 0.0909. The molecule has 3 heterocycles. The molecule has 0 aliphatic rings. The summed E-state index contributed by atoms with van der Waals surface area (Å²) < 4.78 is 3.56. The van der Waals surface area contributed by atoms with Crippen LogP contribution in [0, 0.1) is 0 Å². The van der Waals surface area contributed by atoms with Crippen molar-refractivity contribution < 1.29 is 0 Å². The van der Waals surface area contributed by atoms with E-state index in [0.29, 0.717) is 12.1 Å². The Morgan fingerprint density at radius 1 is 1.00 bits per heavy atom. The number of aromatic nitrogens is 5. The molecule has 0 fully saturated rings. The van der Waals surface area contributed by atoms with E-state index in [1.165, 1.54) is 6.20 Å². The number of rotatable bonds is 3. The van der Waals surface area contributed by atoms with E-state index < -0.39 is 0 Å². The zero-order valence-electron chi connectivity index (χ0n) is 15.3. The fourth-order valence-corrected chi connectivity index (χ4v) is 3.62. The minimum atomic E-state index is -0.126. The smallest absolute Gasteiger partial charge is 0.269 e. The highest BCUT2D eigenvalue weighted by molar-refractivity contribution is 5.94. The lowest BCUT2D eigenvalue weighted by Crippen LogP contribution is -2.21. The van der Waals surface area contributed by atoms with E-state index in [1.54, 1.807) is 17.0 Å². The normalized spacial score (nSPS) is 11.3. The summed E-state index contributed by atoms with van der Waals surface area (Å²) in [7, 11) is 1.93. The average Bonchev–Trinajstić information content (AvgIpc) is 3.10. The Hall–Kier alpha value is -3.80. The molecule has 0 N–H and O–H groups in total. The van der Waals surface area contributed by atoms with E-state index in [4.69, 9.17) is 0 Å². The van der Waals surface area contributed by atoms with Gasteiger partial charge in [0.25, 0.3) is 5.56 Å². The molecular formula is C22H17N5O. The molecule has 0 aliphatic carbocycles. The molecule has 3 aromatic heterocycles. The first kappa shape index (κ1) is 16.4. The number of hydrogen-bond donors (Lipinski definition) is 0. The molecule has 0 unspecified atom stereocenters. The van der Waals surface area contributed by atoms with Crippen LogP contribution in [0.3, 0.4) is 0 Å². The first-order valence-corrected chi connectivity index (χ1v) is 9.00. The summed E-state index contributed by atoms with van der Waals surface area (Å²) in [5.74, 6) is 0. The van der Waals surface area contributed by atoms with Crippen molar-refractivity contribution >= 4 is 21.9 Å². The van der Waals surface area contributed by atoms with Gasteiger partial charge in [0, 0.05) is 24.8 Å². The van der Waals surface area contributed by atoms with Gasteiger partial charge >= 0.3 is 0 Å². The third kappa shape index (κ3) is 2.75. The molecule has 0 bridgehead atoms. The van der Waals surface area contributed by atoms with E-state index in [1.807, 2.05) is 48.3 Å². The SMILES string of the molecule is Cn1cc2c(-c3cccc(Cn4c(=O)cnc5cnccc54)c3)cccc2n1. The van der Waals surface area contributed by atoms with E-state index in [2.05, 4.69) is 33.3 Å². The van der Waals surface area contributed by atoms with Gasteiger partial charge in [0.05, 0.1) is 30.0 Å². The van der Waals surface area contributed by atoms with E-state index in [-0.39, 0.29) is 5.56 Å². The van der Waals surface area contributed by atoms with Gasteiger partial charge in [-0.15, -0.1) is 0 Å². The van der Waals surface area contributed by atoms with Gasteiger partial charge in [0.15, 0.2) is 0 Å². The molecule has 0 aliphatic heterocycles. The molecule has 5 aromatic rings. The van der Waals surface area contributed by atoms with Crippen LogP contribution in [-0.4, -0.2) is 24.3 Å². The van der Waals surface area contributed by atoms with Gasteiger partial charge in [0.1, 0.15) is 5.52 Å². The molecule has 0 atom stereocenters. The Morgan fingerprint density at radius 3 is 2.82 bits per heavy atom. The molecule has 136 valence electrons. The summed E-state index contributed by atoms with van der Waals surface area (Å²) in [6.07, 6.45) is 6.74. The minimum Gasteiger partial charge on any atom is -0.301 e. The lowest BCUT2D eigenvalue weighted by molar-refractivity contribution is 0.780. The van der Waals surface area contributed by atoms with E-state index in [0.717, 1.165) is 33.1 Å². The Bertz CT molecular complexity index is 1380. The third-order valence-electron chi connectivity index (χ3n) is 4.89. The summed E-state index contributed by atoms with van der Waals surface area (Å²) >= 11 is 0. The molecule has 0 saturated carbocycles. The summed E-state index contributed by atoms with van der Waals surface area (Å²) in [4.78, 5) is 20.7. The lowest BCUT2D eigenvalue weighted by atomic mass is 10.00. The second-order valence-electron chi connectivity index (χ2n) is 6.79. The summed E-state index contributed by atoms with van der Waals surface area (Å²) in [5, 5.41) is 5.60. The van der Waals surface area contributed by atoms with Crippen LogP contribution in [0.5, 0.6) is 0 Å². The van der Waals surface area contributed by atoms with Crippen LogP contribution in [0.4, 0.5) is 0 Å². The van der Waals surface area contributed by atoms with Crippen molar-refractivity contribution in [2.45, 2.75) is 6.54 Å². The van der Waals surface area contributed by atoms with Crippen LogP contribution in [0.25, 0.3) is 33.1 Å². The number of benzene rings is 2. The second kappa shape index (κ2) is 6.42. The van der Waals surface area contributed by atoms with Gasteiger partial charge in [-0.05, 0) is 34.9 Å². The lowest BCUT2D eigenvalue weighted by Gasteiger charge is -2.11. The molecule has 0 radical (unpaired) electrons. The maximum Gasteiger partial charge on any atom is 0.269 e. The highest BCUT2D eigenvalue weighted by Crippen LogP contribution is 2.28. The van der Waals surface area contributed by atoms with Crippen LogP contribution in [0.15, 0.2) is 78.1 Å². The summed E-state index contributed by atoms with van der Waals surface area (Å²) in [6, 6.07) is 16.2. The van der Waals surface area contributed by atoms with Crippen LogP contribution < -0.4 is 5.56 Å². The molecule has 0 spiro atoms. The molecule has 0 saturated heterocycles. The van der Waals surface area contributed by atoms with Crippen molar-refractivity contribution in [1.29, 1.82) is 0 Å². The van der Waals surface area contributed by atoms with Gasteiger partial charge in [-0.25, -0.2) is 4.98 Å². The molecule has 28 heavy (non-hydrogen) atoms. The zero-order chi connectivity index (χ0) is 19.1. The zero-order valence-corrected chi connectivity index (χ0v) is 15.3. The van der Waals surface area contributed by atoms with Crippen molar-refractivity contribution in [3.8, 4) is 11.1 Å². The van der Waals surface area contributed by atoms with Crippen LogP contribution in [0.2, 0.25) is 0 Å². The molecule has 6 nitrogen and oxygen atoms in total. The van der Waals surface area contributed by atoms with Gasteiger partial charge in [-0.2, -0.15) is 5.10 Å². The topological polar surface area (TPSA) is 65.6 Å². The van der Waals surface area contributed by atoms with Gasteiger partial charge in [0.2, 0.25) is 0 Å². The highest BCUT2D eigenvalue weighted by atomic mass is 16.1. The maximum absolute atomic E-state index is 12.4. The Kier molecular flexibility index (Phi) is 3.76. The summed E-state index contributed by atoms with van der Waals surface area (Å²) in [6.45, 7) is 0.471. The van der Waals surface area contributed by atoms with Crippen LogP contribution in [0.1, 0.15) is 5.56 Å². The second-order valence-corrected chi connectivity index (χ2v) is 6.79. The van der Waals surface area contributed by atoms with Crippen LogP contribution >= 0.6 is 0 Å². The first-order valence-electron chi connectivity index (χ1n) is 9.00. The molecule has 5 rings (SSSR count). The Balaban J connectivity index is 1.61. The predicted molar refractivity (Wildman–Crippen MR) is 109 cm³/mol. The number of nitrogens with zero attached hydrogens (tertiary/aromatic N) is 5. The van der Waals surface area contributed by atoms with Crippen molar-refractivity contribution in [2.24, 2.45) is 7.05 Å². The number of aryl methyl sites for hydroxylation is 1. The largest absolute Gasteiger partial charge is 0.301 e. The van der Waals surface area contributed by atoms with Crippen molar-refractivity contribution in [3.63, 3.8) is 0 Å². The predicted octanol–water partition coefficient (Wildman–Crippen LogP) is 3.39. The molecule has 6 heteroatoms. The van der Waals surface area contributed by atoms with Crippen molar-refractivity contribution in [3.05, 3.63) is 89.2 Å². The van der Waals surface area contributed by atoms with E-state index in [9.17, 15) is 4.79 Å². The number of hydrogen-bond acceptors (Lipinski definition) is 4. The fourth-order valence-electron chi connectivity index (χ4n) is 3.62. The minimum absolute atomic E-state index is 0.126. The molecule has 2 aromatic carbocycles. The Morgan fingerprint density at radius 2 is 1.89 bits per heavy atom. The van der Waals surface area contributed by atoms with E-state index >= 15 is 0 Å². The van der Waals surface area contributed by atoms with Gasteiger partial charge in [-0.3, -0.25) is 14.5 Å². The summed E-state index contributed by atoms with van der Waals surface area (Å²) in [5.41, 5.74) is 5.60. The molecular weight excluding hydrogens is 350 g/mol. The first-order chi connectivity index (χ1) is 13.7. The van der Waals surface area contributed by atoms with Gasteiger partial charge in [-0.1, -0.05) is 30.3 Å². The Labute approximate surface area is 160 Å². The average molecular weight is 367 g/mol. The van der Waals surface area contributed by atoms with Gasteiger partial charge < -0.3 is 4.57 Å². The van der Waals surface area contributed by atoms with Crippen molar-refractivity contribution in [2.75, 3.05) is 0 Å². The number of fused-ring (bicyclic) bond motifs is 2. The standard InChI is InChI=1S/C22H17N5O/c1-26-14-18-17(6-3-7-19(18)25-26)16-5-2-4-15(10-16)13-27-21-8-9-23-11-20(21)24-12-22(27)28/h2-12,14H,13H2,1H3. The number of pyridine rings is 1. The molecule has 0 amide bonds. The third-order valence-corrected chi connectivity index (χ3v) is 4.89. The maximum atomic E-state index is 12.4. The van der Waals surface area contributed by atoms with Crippen LogP contribution in [-0.2, 0) is 13.6 Å².